The standard InChI is InChI=1S/C15H22FN2/c1-18(15-11-13(16)12-15)9-7-17(8-10-18)14-5-3-2-4-6-14/h2-6,13,15H,7-12H2,1H3/q+1. The van der Waals surface area contributed by atoms with E-state index in [-0.39, 0.29) is 0 Å². The monoisotopic (exact) mass is 249 g/mol. The van der Waals surface area contributed by atoms with Gasteiger partial charge >= 0.3 is 0 Å². The van der Waals surface area contributed by atoms with E-state index in [0.717, 1.165) is 43.5 Å². The Morgan fingerprint density at radius 2 is 1.72 bits per heavy atom. The molecule has 0 atom stereocenters. The highest BCUT2D eigenvalue weighted by atomic mass is 19.1. The van der Waals surface area contributed by atoms with Gasteiger partial charge in [0.15, 0.2) is 0 Å². The zero-order valence-corrected chi connectivity index (χ0v) is 11.1. The Morgan fingerprint density at radius 1 is 1.11 bits per heavy atom. The van der Waals surface area contributed by atoms with Crippen molar-refractivity contribution in [2.75, 3.05) is 38.1 Å². The van der Waals surface area contributed by atoms with Gasteiger partial charge in [-0.1, -0.05) is 18.2 Å². The summed E-state index contributed by atoms with van der Waals surface area (Å²) in [4.78, 5) is 2.45. The van der Waals surface area contributed by atoms with Crippen LogP contribution in [0, 0.1) is 0 Å². The average Bonchev–Trinajstić information content (AvgIpc) is 2.37. The molecule has 1 saturated carbocycles. The van der Waals surface area contributed by atoms with Crippen molar-refractivity contribution in [3.8, 4) is 0 Å². The van der Waals surface area contributed by atoms with Crippen LogP contribution >= 0.6 is 0 Å². The summed E-state index contributed by atoms with van der Waals surface area (Å²) < 4.78 is 14.1. The highest BCUT2D eigenvalue weighted by Crippen LogP contribution is 2.34. The Balaban J connectivity index is 1.61. The Morgan fingerprint density at radius 3 is 2.28 bits per heavy atom. The highest BCUT2D eigenvalue weighted by molar-refractivity contribution is 5.46. The van der Waals surface area contributed by atoms with Crippen LogP contribution in [-0.2, 0) is 0 Å². The Bertz CT molecular complexity index is 392. The number of hydrogen-bond donors (Lipinski definition) is 0. The van der Waals surface area contributed by atoms with Crippen molar-refractivity contribution in [1.82, 2.24) is 0 Å². The van der Waals surface area contributed by atoms with Crippen molar-refractivity contribution in [3.63, 3.8) is 0 Å². The molecule has 0 radical (unpaired) electrons. The number of rotatable bonds is 2. The summed E-state index contributed by atoms with van der Waals surface area (Å²) in [7, 11) is 2.30. The van der Waals surface area contributed by atoms with Crippen molar-refractivity contribution in [3.05, 3.63) is 30.3 Å². The van der Waals surface area contributed by atoms with Gasteiger partial charge in [-0.25, -0.2) is 4.39 Å². The second-order valence-corrected chi connectivity index (χ2v) is 5.97. The van der Waals surface area contributed by atoms with E-state index in [4.69, 9.17) is 0 Å². The summed E-state index contributed by atoms with van der Waals surface area (Å²) in [6.07, 6.45) is 1.03. The number of anilines is 1. The molecule has 1 aromatic rings. The van der Waals surface area contributed by atoms with Crippen LogP contribution in [0.2, 0.25) is 0 Å². The fraction of sp³-hybridized carbons (Fsp3) is 0.600. The van der Waals surface area contributed by atoms with Gasteiger partial charge < -0.3 is 9.38 Å². The van der Waals surface area contributed by atoms with Gasteiger partial charge in [0.25, 0.3) is 0 Å². The maximum atomic E-state index is 13.0. The summed E-state index contributed by atoms with van der Waals surface area (Å²) >= 11 is 0. The minimum absolute atomic E-state index is 0.530. The van der Waals surface area contributed by atoms with Crippen LogP contribution in [0.4, 0.5) is 10.1 Å². The maximum Gasteiger partial charge on any atom is 0.111 e. The van der Waals surface area contributed by atoms with Gasteiger partial charge in [0.1, 0.15) is 6.17 Å². The summed E-state index contributed by atoms with van der Waals surface area (Å²) in [6, 6.07) is 11.2. The number of benzene rings is 1. The smallest absolute Gasteiger partial charge is 0.111 e. The highest BCUT2D eigenvalue weighted by Gasteiger charge is 2.44. The van der Waals surface area contributed by atoms with Crippen LogP contribution in [0.1, 0.15) is 12.8 Å². The molecule has 2 aliphatic rings. The molecule has 0 amide bonds. The van der Waals surface area contributed by atoms with Gasteiger partial charge in [-0.15, -0.1) is 0 Å². The lowest BCUT2D eigenvalue weighted by atomic mass is 9.87. The van der Waals surface area contributed by atoms with Crippen LogP contribution in [-0.4, -0.2) is 49.9 Å². The van der Waals surface area contributed by atoms with E-state index in [1.165, 1.54) is 5.69 Å². The van der Waals surface area contributed by atoms with E-state index in [2.05, 4.69) is 42.3 Å². The van der Waals surface area contributed by atoms with E-state index < -0.39 is 6.17 Å². The van der Waals surface area contributed by atoms with Crippen LogP contribution in [0.5, 0.6) is 0 Å². The maximum absolute atomic E-state index is 13.0. The first-order valence-corrected chi connectivity index (χ1v) is 6.96. The second kappa shape index (κ2) is 4.54. The SMILES string of the molecule is C[N+]1(C2CC(F)C2)CCN(c2ccccc2)CC1. The molecule has 0 N–H and O–H groups in total. The summed E-state index contributed by atoms with van der Waals surface area (Å²) in [5.74, 6) is 0. The average molecular weight is 249 g/mol. The third-order valence-corrected chi connectivity index (χ3v) is 4.82. The summed E-state index contributed by atoms with van der Waals surface area (Å²) in [5.41, 5.74) is 1.32. The number of quaternary nitrogens is 1. The molecule has 0 unspecified atom stereocenters. The van der Waals surface area contributed by atoms with E-state index >= 15 is 0 Å². The van der Waals surface area contributed by atoms with Gasteiger partial charge in [-0.2, -0.15) is 0 Å². The van der Waals surface area contributed by atoms with Crippen molar-refractivity contribution in [2.45, 2.75) is 25.1 Å². The lowest BCUT2D eigenvalue weighted by Gasteiger charge is -2.51. The molecule has 0 bridgehead atoms. The molecule has 1 heterocycles. The van der Waals surface area contributed by atoms with Crippen LogP contribution in [0.3, 0.4) is 0 Å². The third-order valence-electron chi connectivity index (χ3n) is 4.82. The van der Waals surface area contributed by atoms with Crippen LogP contribution < -0.4 is 4.90 Å². The molecular formula is C15H22FN2+. The lowest BCUT2D eigenvalue weighted by molar-refractivity contribution is -0.940. The first-order chi connectivity index (χ1) is 8.67. The molecule has 3 heteroatoms. The van der Waals surface area contributed by atoms with Gasteiger partial charge in [-0.05, 0) is 12.1 Å². The summed E-state index contributed by atoms with van der Waals surface area (Å²) in [5, 5.41) is 0. The van der Waals surface area contributed by atoms with Gasteiger partial charge in [0.05, 0.1) is 39.3 Å². The molecule has 1 aromatic carbocycles. The van der Waals surface area contributed by atoms with Gasteiger partial charge in [-0.3, -0.25) is 0 Å². The predicted octanol–water partition coefficient (Wildman–Crippen LogP) is 2.45. The van der Waals surface area contributed by atoms with Crippen LogP contribution in [0.15, 0.2) is 30.3 Å². The minimum atomic E-state index is -0.530. The number of likely N-dealkylation sites (N-methyl/N-ethyl adjacent to an activating group) is 1. The molecule has 18 heavy (non-hydrogen) atoms. The quantitative estimate of drug-likeness (QED) is 0.728. The van der Waals surface area contributed by atoms with E-state index in [1.54, 1.807) is 0 Å². The minimum Gasteiger partial charge on any atom is -0.360 e. The molecule has 0 spiro atoms. The first-order valence-electron chi connectivity index (χ1n) is 6.96. The van der Waals surface area contributed by atoms with Crippen molar-refractivity contribution >= 4 is 5.69 Å². The number of piperazine rings is 1. The number of nitrogens with zero attached hydrogens (tertiary/aromatic N) is 2. The largest absolute Gasteiger partial charge is 0.360 e. The normalized spacial score (nSPS) is 30.9. The number of hydrogen-bond acceptors (Lipinski definition) is 1. The molecule has 3 rings (SSSR count). The fourth-order valence-electron chi connectivity index (χ4n) is 3.21. The topological polar surface area (TPSA) is 3.24 Å². The van der Waals surface area contributed by atoms with E-state index in [1.807, 2.05) is 0 Å². The lowest BCUT2D eigenvalue weighted by Crippen LogP contribution is -2.65. The Hall–Kier alpha value is -1.09. The number of halogens is 1. The second-order valence-electron chi connectivity index (χ2n) is 5.97. The molecular weight excluding hydrogens is 227 g/mol. The molecule has 1 aliphatic heterocycles. The van der Waals surface area contributed by atoms with Gasteiger partial charge in [0.2, 0.25) is 0 Å². The van der Waals surface area contributed by atoms with Crippen LogP contribution in [0.25, 0.3) is 0 Å². The van der Waals surface area contributed by atoms with E-state index in [9.17, 15) is 4.39 Å². The predicted molar refractivity (Wildman–Crippen MR) is 72.5 cm³/mol. The Labute approximate surface area is 109 Å². The third kappa shape index (κ3) is 2.12. The first kappa shape index (κ1) is 12.0. The Kier molecular flexibility index (Phi) is 3.02. The van der Waals surface area contributed by atoms with Crippen molar-refractivity contribution in [1.29, 1.82) is 0 Å². The molecule has 2 nitrogen and oxygen atoms in total. The molecule has 2 fully saturated rings. The van der Waals surface area contributed by atoms with Gasteiger partial charge in [0, 0.05) is 18.5 Å². The summed E-state index contributed by atoms with van der Waals surface area (Å²) in [6.45, 7) is 4.47. The number of para-hydroxylation sites is 1. The van der Waals surface area contributed by atoms with E-state index in [0.29, 0.717) is 6.04 Å². The molecule has 1 saturated heterocycles. The van der Waals surface area contributed by atoms with Crippen molar-refractivity contribution < 1.29 is 8.87 Å². The molecule has 98 valence electrons. The molecule has 0 aromatic heterocycles. The fourth-order valence-corrected chi connectivity index (χ4v) is 3.21. The zero-order chi connectivity index (χ0) is 12.6. The van der Waals surface area contributed by atoms with Crippen molar-refractivity contribution in [2.24, 2.45) is 0 Å². The zero-order valence-electron chi connectivity index (χ0n) is 11.1. The molecule has 1 aliphatic carbocycles. The number of alkyl halides is 1.